The monoisotopic (exact) mass is 420 g/mol. The molecule has 0 saturated carbocycles. The van der Waals surface area contributed by atoms with Crippen LogP contribution in [0.15, 0.2) is 41.3 Å². The molecule has 2 amide bonds. The van der Waals surface area contributed by atoms with Crippen LogP contribution in [0.25, 0.3) is 0 Å². The van der Waals surface area contributed by atoms with Gasteiger partial charge < -0.3 is 15.4 Å². The van der Waals surface area contributed by atoms with E-state index < -0.39 is 21.0 Å². The summed E-state index contributed by atoms with van der Waals surface area (Å²) in [6, 6.07) is 8.60. The summed E-state index contributed by atoms with van der Waals surface area (Å²) in [5, 5.41) is 4.31. The molecule has 0 unspecified atom stereocenters. The quantitative estimate of drug-likeness (QED) is 0.747. The molecule has 154 valence electrons. The number of carbonyl (C=O) groups excluding carboxylic acids is 2. The minimum atomic E-state index is -3.80. The first-order chi connectivity index (χ1) is 13.7. The Morgan fingerprint density at radius 1 is 1.28 bits per heavy atom. The van der Waals surface area contributed by atoms with Crippen LogP contribution in [0.5, 0.6) is 5.75 Å². The molecule has 7 nitrogen and oxygen atoms in total. The number of nitrogens with one attached hydrogen (secondary N) is 2. The summed E-state index contributed by atoms with van der Waals surface area (Å²) in [7, 11) is -3.80. The fraction of sp³-hybridized carbons (Fsp3) is 0.300. The molecule has 0 aliphatic carbocycles. The zero-order valence-corrected chi connectivity index (χ0v) is 16.8. The molecule has 2 aromatic carbocycles. The number of anilines is 1. The average molecular weight is 420 g/mol. The molecule has 0 bridgehead atoms. The van der Waals surface area contributed by atoms with E-state index in [0.29, 0.717) is 16.8 Å². The van der Waals surface area contributed by atoms with Crippen molar-refractivity contribution in [3.05, 3.63) is 53.3 Å². The number of sulfone groups is 1. The largest absolute Gasteiger partial charge is 0.482 e. The molecule has 0 saturated heterocycles. The Balaban J connectivity index is 1.69. The number of hydrogen-bond donors (Lipinski definition) is 2. The Bertz CT molecular complexity index is 1050. The number of fused-ring (bicyclic) bond motifs is 1. The minimum absolute atomic E-state index is 0.0613. The van der Waals surface area contributed by atoms with Crippen LogP contribution in [0.1, 0.15) is 24.5 Å². The van der Waals surface area contributed by atoms with Crippen molar-refractivity contribution in [3.8, 4) is 5.75 Å². The molecule has 1 heterocycles. The highest BCUT2D eigenvalue weighted by Crippen LogP contribution is 2.34. The van der Waals surface area contributed by atoms with Gasteiger partial charge in [0.2, 0.25) is 5.91 Å². The highest BCUT2D eigenvalue weighted by molar-refractivity contribution is 7.92. The molecular formula is C20H21FN2O5S. The predicted molar refractivity (Wildman–Crippen MR) is 105 cm³/mol. The Labute approximate surface area is 168 Å². The van der Waals surface area contributed by atoms with Gasteiger partial charge in [0, 0.05) is 19.0 Å². The average Bonchev–Trinajstić information content (AvgIpc) is 2.66. The molecule has 1 aliphatic heterocycles. The lowest BCUT2D eigenvalue weighted by Crippen LogP contribution is -2.30. The molecular weight excluding hydrogens is 399 g/mol. The van der Waals surface area contributed by atoms with Crippen molar-refractivity contribution in [1.29, 1.82) is 0 Å². The number of amides is 2. The summed E-state index contributed by atoms with van der Waals surface area (Å²) >= 11 is 0. The molecule has 3 rings (SSSR count). The number of carbonyl (C=O) groups is 2. The zero-order chi connectivity index (χ0) is 21.2. The van der Waals surface area contributed by atoms with Gasteiger partial charge in [0.1, 0.15) is 11.6 Å². The first kappa shape index (κ1) is 20.8. The molecule has 0 spiro atoms. The first-order valence-electron chi connectivity index (χ1n) is 8.99. The normalized spacial score (nSPS) is 14.4. The van der Waals surface area contributed by atoms with Gasteiger partial charge in [-0.2, -0.15) is 0 Å². The lowest BCUT2D eigenvalue weighted by atomic mass is 10.2. The SMILES string of the molecule is Cc1cc2c(cc1S(=O)(=O)[C@H](C)CC(=O)NCc1ccc(F)cc1)OCC(=O)N2. The van der Waals surface area contributed by atoms with Gasteiger partial charge in [0.25, 0.3) is 5.91 Å². The van der Waals surface area contributed by atoms with Crippen molar-refractivity contribution >= 4 is 27.3 Å². The molecule has 1 atom stereocenters. The number of benzene rings is 2. The van der Waals surface area contributed by atoms with Gasteiger partial charge in [-0.1, -0.05) is 12.1 Å². The fourth-order valence-electron chi connectivity index (χ4n) is 2.99. The fourth-order valence-corrected chi connectivity index (χ4v) is 4.57. The molecule has 0 aromatic heterocycles. The molecule has 9 heteroatoms. The van der Waals surface area contributed by atoms with Crippen LogP contribution >= 0.6 is 0 Å². The second kappa shape index (κ2) is 8.20. The van der Waals surface area contributed by atoms with Crippen molar-refractivity contribution < 1.29 is 27.1 Å². The lowest BCUT2D eigenvalue weighted by molar-refractivity contribution is -0.121. The van der Waals surface area contributed by atoms with Crippen molar-refractivity contribution in [2.45, 2.75) is 37.0 Å². The number of hydrogen-bond acceptors (Lipinski definition) is 5. The molecule has 0 radical (unpaired) electrons. The van der Waals surface area contributed by atoms with E-state index in [0.717, 1.165) is 0 Å². The van der Waals surface area contributed by atoms with Gasteiger partial charge >= 0.3 is 0 Å². The van der Waals surface area contributed by atoms with Crippen molar-refractivity contribution in [3.63, 3.8) is 0 Å². The summed E-state index contributed by atoms with van der Waals surface area (Å²) < 4.78 is 44.2. The highest BCUT2D eigenvalue weighted by Gasteiger charge is 2.29. The molecule has 0 fully saturated rings. The maximum absolute atomic E-state index is 13.0. The summed E-state index contributed by atoms with van der Waals surface area (Å²) in [5.74, 6) is -0.825. The van der Waals surface area contributed by atoms with Crippen LogP contribution in [0.2, 0.25) is 0 Å². The third kappa shape index (κ3) is 4.73. The van der Waals surface area contributed by atoms with E-state index in [2.05, 4.69) is 10.6 Å². The van der Waals surface area contributed by atoms with E-state index >= 15 is 0 Å². The van der Waals surface area contributed by atoms with E-state index in [1.807, 2.05) is 0 Å². The van der Waals surface area contributed by atoms with Crippen molar-refractivity contribution in [2.24, 2.45) is 0 Å². The highest BCUT2D eigenvalue weighted by atomic mass is 32.2. The van der Waals surface area contributed by atoms with E-state index in [9.17, 15) is 22.4 Å². The van der Waals surface area contributed by atoms with Crippen LogP contribution in [-0.2, 0) is 26.0 Å². The van der Waals surface area contributed by atoms with E-state index in [-0.39, 0.29) is 41.9 Å². The number of rotatable bonds is 6. The third-order valence-electron chi connectivity index (χ3n) is 4.62. The third-order valence-corrected chi connectivity index (χ3v) is 6.90. The molecule has 29 heavy (non-hydrogen) atoms. The summed E-state index contributed by atoms with van der Waals surface area (Å²) in [6.07, 6.45) is -0.225. The van der Waals surface area contributed by atoms with E-state index in [1.54, 1.807) is 25.1 Å². The summed E-state index contributed by atoms with van der Waals surface area (Å²) in [4.78, 5) is 23.7. The topological polar surface area (TPSA) is 102 Å². The van der Waals surface area contributed by atoms with Crippen LogP contribution in [-0.4, -0.2) is 32.1 Å². The number of ether oxygens (including phenoxy) is 1. The standard InChI is InChI=1S/C20H21FN2O5S/c1-12-7-16-17(28-11-20(25)23-16)9-18(12)29(26,27)13(2)8-19(24)22-10-14-3-5-15(21)6-4-14/h3-7,9,13H,8,10-11H2,1-2H3,(H,22,24)(H,23,25)/t13-/m1/s1. The second-order valence-corrected chi connectivity index (χ2v) is 9.25. The van der Waals surface area contributed by atoms with Gasteiger partial charge in [-0.25, -0.2) is 12.8 Å². The van der Waals surface area contributed by atoms with Gasteiger partial charge in [-0.3, -0.25) is 9.59 Å². The molecule has 2 N–H and O–H groups in total. The smallest absolute Gasteiger partial charge is 0.262 e. The van der Waals surface area contributed by atoms with Crippen LogP contribution in [0.3, 0.4) is 0 Å². The van der Waals surface area contributed by atoms with Crippen molar-refractivity contribution in [1.82, 2.24) is 5.32 Å². The molecule has 1 aliphatic rings. The summed E-state index contributed by atoms with van der Waals surface area (Å²) in [6.45, 7) is 3.08. The van der Waals surface area contributed by atoms with Gasteiger partial charge in [-0.05, 0) is 43.2 Å². The Morgan fingerprint density at radius 3 is 2.66 bits per heavy atom. The summed E-state index contributed by atoms with van der Waals surface area (Å²) in [5.41, 5.74) is 1.58. The zero-order valence-electron chi connectivity index (χ0n) is 16.0. The van der Waals surface area contributed by atoms with E-state index in [4.69, 9.17) is 4.74 Å². The number of aryl methyl sites for hydroxylation is 1. The van der Waals surface area contributed by atoms with Crippen LogP contribution < -0.4 is 15.4 Å². The first-order valence-corrected chi connectivity index (χ1v) is 10.5. The van der Waals surface area contributed by atoms with Crippen molar-refractivity contribution in [2.75, 3.05) is 11.9 Å². The predicted octanol–water partition coefficient (Wildman–Crippen LogP) is 2.33. The van der Waals surface area contributed by atoms with Crippen LogP contribution in [0.4, 0.5) is 10.1 Å². The Hall–Kier alpha value is -2.94. The Morgan fingerprint density at radius 2 is 1.97 bits per heavy atom. The van der Waals surface area contributed by atoms with Crippen LogP contribution in [0, 0.1) is 12.7 Å². The molecule has 2 aromatic rings. The maximum atomic E-state index is 13.0. The number of halogens is 1. The second-order valence-electron chi connectivity index (χ2n) is 6.91. The van der Waals surface area contributed by atoms with E-state index in [1.165, 1.54) is 25.1 Å². The maximum Gasteiger partial charge on any atom is 0.262 e. The van der Waals surface area contributed by atoms with Gasteiger partial charge in [0.05, 0.1) is 15.8 Å². The minimum Gasteiger partial charge on any atom is -0.482 e. The lowest BCUT2D eigenvalue weighted by Gasteiger charge is -2.21. The Kier molecular flexibility index (Phi) is 5.88. The van der Waals surface area contributed by atoms with Gasteiger partial charge in [0.15, 0.2) is 16.4 Å². The van der Waals surface area contributed by atoms with Gasteiger partial charge in [-0.15, -0.1) is 0 Å².